The van der Waals surface area contributed by atoms with Crippen LogP contribution < -0.4 is 0 Å². The van der Waals surface area contributed by atoms with Gasteiger partial charge in [-0.3, -0.25) is 0 Å². The molecule has 2 rings (SSSR count). The fourth-order valence-corrected chi connectivity index (χ4v) is 4.51. The summed E-state index contributed by atoms with van der Waals surface area (Å²) in [5, 5.41) is 9.34. The zero-order chi connectivity index (χ0) is 15.6. The predicted octanol–water partition coefficient (Wildman–Crippen LogP) is 1.88. The van der Waals surface area contributed by atoms with Gasteiger partial charge in [-0.25, -0.2) is 8.42 Å². The molecule has 2 atom stereocenters. The number of sulfonamides is 1. The van der Waals surface area contributed by atoms with Crippen molar-refractivity contribution in [3.05, 3.63) is 28.8 Å². The summed E-state index contributed by atoms with van der Waals surface area (Å²) in [6.45, 7) is 2.59. The summed E-state index contributed by atoms with van der Waals surface area (Å²) >= 11 is 6.04. The van der Waals surface area contributed by atoms with Crippen molar-refractivity contribution >= 4 is 21.6 Å². The lowest BCUT2D eigenvalue weighted by atomic mass is 9.97. The quantitative estimate of drug-likeness (QED) is 0.913. The first kappa shape index (κ1) is 16.7. The van der Waals surface area contributed by atoms with Crippen LogP contribution in [0.5, 0.6) is 0 Å². The second-order valence-corrected chi connectivity index (χ2v) is 7.64. The molecule has 1 N–H and O–H groups in total. The number of piperidine rings is 1. The number of halogens is 1. The maximum Gasteiger partial charge on any atom is 0.244 e. The van der Waals surface area contributed by atoms with Gasteiger partial charge in [0.05, 0.1) is 17.7 Å². The number of aliphatic hydroxyl groups is 1. The van der Waals surface area contributed by atoms with E-state index in [-0.39, 0.29) is 22.6 Å². The molecule has 0 aromatic heterocycles. The van der Waals surface area contributed by atoms with Crippen LogP contribution in [0.25, 0.3) is 0 Å². The van der Waals surface area contributed by atoms with E-state index in [1.54, 1.807) is 13.2 Å². The van der Waals surface area contributed by atoms with Crippen molar-refractivity contribution in [3.63, 3.8) is 0 Å². The fourth-order valence-electron chi connectivity index (χ4n) is 2.51. The van der Waals surface area contributed by atoms with Crippen molar-refractivity contribution in [3.8, 4) is 0 Å². The zero-order valence-electron chi connectivity index (χ0n) is 12.1. The summed E-state index contributed by atoms with van der Waals surface area (Å²) in [6.07, 6.45) is 0.628. The average Bonchev–Trinajstić information content (AvgIpc) is 2.47. The molecule has 5 nitrogen and oxygen atoms in total. The molecule has 1 heterocycles. The highest BCUT2D eigenvalue weighted by atomic mass is 35.5. The number of methoxy groups -OCH3 is 1. The van der Waals surface area contributed by atoms with Gasteiger partial charge in [-0.15, -0.1) is 0 Å². The number of ether oxygens (including phenoxy) is 1. The third kappa shape index (κ3) is 3.40. The lowest BCUT2D eigenvalue weighted by molar-refractivity contribution is 0.0184. The molecule has 1 aliphatic rings. The van der Waals surface area contributed by atoms with Gasteiger partial charge in [-0.05, 0) is 30.0 Å². The van der Waals surface area contributed by atoms with Crippen LogP contribution in [0.4, 0.5) is 0 Å². The number of nitrogens with zero attached hydrogens (tertiary/aromatic N) is 1. The third-order valence-electron chi connectivity index (χ3n) is 3.95. The van der Waals surface area contributed by atoms with E-state index in [9.17, 15) is 13.5 Å². The molecule has 0 amide bonds. The number of hydrogen-bond acceptors (Lipinski definition) is 4. The first-order valence-electron chi connectivity index (χ1n) is 6.82. The van der Waals surface area contributed by atoms with E-state index in [0.29, 0.717) is 24.6 Å². The summed E-state index contributed by atoms with van der Waals surface area (Å²) in [6, 6.07) is 4.54. The fraction of sp³-hybridized carbons (Fsp3) is 0.571. The predicted molar refractivity (Wildman–Crippen MR) is 80.7 cm³/mol. The van der Waals surface area contributed by atoms with E-state index >= 15 is 0 Å². The van der Waals surface area contributed by atoms with E-state index in [1.165, 1.54) is 16.4 Å². The molecule has 0 aliphatic carbocycles. The minimum Gasteiger partial charge on any atom is -0.392 e. The van der Waals surface area contributed by atoms with Gasteiger partial charge in [0, 0.05) is 20.2 Å². The minimum atomic E-state index is -3.68. The number of benzene rings is 1. The third-order valence-corrected chi connectivity index (χ3v) is 6.30. The Hall–Kier alpha value is -0.660. The smallest absolute Gasteiger partial charge is 0.244 e. The van der Waals surface area contributed by atoms with E-state index in [2.05, 4.69) is 6.92 Å². The topological polar surface area (TPSA) is 66.8 Å². The second kappa shape index (κ2) is 6.62. The van der Waals surface area contributed by atoms with E-state index in [4.69, 9.17) is 16.3 Å². The molecule has 1 aliphatic heterocycles. The van der Waals surface area contributed by atoms with Gasteiger partial charge >= 0.3 is 0 Å². The van der Waals surface area contributed by atoms with Crippen molar-refractivity contribution in [1.29, 1.82) is 0 Å². The molecule has 0 spiro atoms. The lowest BCUT2D eigenvalue weighted by Crippen LogP contribution is -2.46. The first-order valence-corrected chi connectivity index (χ1v) is 8.64. The monoisotopic (exact) mass is 333 g/mol. The molecule has 1 saturated heterocycles. The van der Waals surface area contributed by atoms with Gasteiger partial charge in [0.1, 0.15) is 4.90 Å². The Morgan fingerprint density at radius 2 is 2.19 bits per heavy atom. The van der Waals surface area contributed by atoms with Gasteiger partial charge in [0.25, 0.3) is 0 Å². The first-order chi connectivity index (χ1) is 9.90. The van der Waals surface area contributed by atoms with Crippen LogP contribution in [0, 0.1) is 5.92 Å². The summed E-state index contributed by atoms with van der Waals surface area (Å²) in [5.74, 6) is 0.320. The van der Waals surface area contributed by atoms with Crippen LogP contribution in [-0.4, -0.2) is 44.1 Å². The molecule has 0 radical (unpaired) electrons. The van der Waals surface area contributed by atoms with Crippen LogP contribution in [0.2, 0.25) is 5.02 Å². The molecule has 0 bridgehead atoms. The lowest BCUT2D eigenvalue weighted by Gasteiger charge is -2.35. The van der Waals surface area contributed by atoms with Gasteiger partial charge in [-0.2, -0.15) is 4.31 Å². The van der Waals surface area contributed by atoms with E-state index < -0.39 is 10.0 Å². The highest BCUT2D eigenvalue weighted by Crippen LogP contribution is 2.29. The maximum absolute atomic E-state index is 12.7. The highest BCUT2D eigenvalue weighted by Gasteiger charge is 2.34. The molecule has 118 valence electrons. The van der Waals surface area contributed by atoms with Gasteiger partial charge < -0.3 is 9.84 Å². The molecular weight excluding hydrogens is 314 g/mol. The van der Waals surface area contributed by atoms with Crippen LogP contribution in [0.15, 0.2) is 23.1 Å². The van der Waals surface area contributed by atoms with Gasteiger partial charge in [-0.1, -0.05) is 24.6 Å². The summed E-state index contributed by atoms with van der Waals surface area (Å²) in [5.41, 5.74) is 0.520. The van der Waals surface area contributed by atoms with E-state index in [1.807, 2.05) is 0 Å². The van der Waals surface area contributed by atoms with Crippen molar-refractivity contribution in [1.82, 2.24) is 4.31 Å². The largest absolute Gasteiger partial charge is 0.392 e. The van der Waals surface area contributed by atoms with Gasteiger partial charge in [0.2, 0.25) is 10.0 Å². The van der Waals surface area contributed by atoms with Gasteiger partial charge in [0.15, 0.2) is 0 Å². The molecule has 2 unspecified atom stereocenters. The molecule has 21 heavy (non-hydrogen) atoms. The molecule has 1 aromatic carbocycles. The molecular formula is C14H20ClNO4S. The Morgan fingerprint density at radius 1 is 1.48 bits per heavy atom. The summed E-state index contributed by atoms with van der Waals surface area (Å²) < 4.78 is 32.3. The molecule has 0 saturated carbocycles. The molecule has 7 heteroatoms. The normalized spacial score (nSPS) is 24.2. The van der Waals surface area contributed by atoms with E-state index in [0.717, 1.165) is 6.42 Å². The highest BCUT2D eigenvalue weighted by molar-refractivity contribution is 7.89. The maximum atomic E-state index is 12.7. The van der Waals surface area contributed by atoms with Crippen LogP contribution in [0.1, 0.15) is 18.9 Å². The minimum absolute atomic E-state index is 0.0418. The summed E-state index contributed by atoms with van der Waals surface area (Å²) in [7, 11) is -2.09. The van der Waals surface area contributed by atoms with Crippen molar-refractivity contribution < 1.29 is 18.3 Å². The number of aliphatic hydroxyl groups excluding tert-OH is 1. The Labute approximate surface area is 130 Å². The SMILES string of the molecule is COC1CN(S(=O)(=O)c2cc(CO)ccc2Cl)CCC1C. The van der Waals surface area contributed by atoms with Crippen LogP contribution >= 0.6 is 11.6 Å². The number of rotatable bonds is 4. The summed E-state index contributed by atoms with van der Waals surface area (Å²) in [4.78, 5) is 0.0418. The van der Waals surface area contributed by atoms with Crippen molar-refractivity contribution in [2.45, 2.75) is 31.0 Å². The van der Waals surface area contributed by atoms with Crippen LogP contribution in [0.3, 0.4) is 0 Å². The average molecular weight is 334 g/mol. The molecule has 1 aromatic rings. The Kier molecular flexibility index (Phi) is 5.27. The second-order valence-electron chi connectivity index (χ2n) is 5.33. The van der Waals surface area contributed by atoms with Crippen molar-refractivity contribution in [2.75, 3.05) is 20.2 Å². The Morgan fingerprint density at radius 3 is 2.81 bits per heavy atom. The zero-order valence-corrected chi connectivity index (χ0v) is 13.7. The Balaban J connectivity index is 2.34. The molecule has 1 fully saturated rings. The van der Waals surface area contributed by atoms with Crippen LogP contribution in [-0.2, 0) is 21.4 Å². The Bertz CT molecular complexity index is 605. The standard InChI is InChI=1S/C14H20ClNO4S/c1-10-5-6-16(8-13(10)20-2)21(18,19)14-7-11(9-17)3-4-12(14)15/h3-4,7,10,13,17H,5-6,8-9H2,1-2H3. The number of hydrogen-bond donors (Lipinski definition) is 1. The van der Waals surface area contributed by atoms with Crippen molar-refractivity contribution in [2.24, 2.45) is 5.92 Å².